The largest absolute Gasteiger partial charge is 0.508 e. The van der Waals surface area contributed by atoms with Crippen molar-refractivity contribution in [3.05, 3.63) is 59.7 Å². The van der Waals surface area contributed by atoms with Crippen LogP contribution in [-0.4, -0.2) is 27.3 Å². The van der Waals surface area contributed by atoms with Crippen molar-refractivity contribution in [3.63, 3.8) is 0 Å². The van der Waals surface area contributed by atoms with Gasteiger partial charge in [-0.3, -0.25) is 15.0 Å². The van der Waals surface area contributed by atoms with E-state index >= 15 is 0 Å². The van der Waals surface area contributed by atoms with Gasteiger partial charge in [-0.25, -0.2) is 5.01 Å². The lowest BCUT2D eigenvalue weighted by Crippen LogP contribution is -2.63. The number of phenolic OH excluding ortho intramolecular Hbond substituents is 1. The first kappa shape index (κ1) is 15.2. The maximum atomic E-state index is 12.2. The van der Waals surface area contributed by atoms with Gasteiger partial charge >= 0.3 is 0 Å². The number of β-lactam (4-membered cyclic amide) rings is 1. The first-order chi connectivity index (χ1) is 11.0. The summed E-state index contributed by atoms with van der Waals surface area (Å²) in [6.45, 7) is 0. The first-order valence-electron chi connectivity index (χ1n) is 6.90. The van der Waals surface area contributed by atoms with Crippen LogP contribution in [0.2, 0.25) is 0 Å². The van der Waals surface area contributed by atoms with Gasteiger partial charge in [0.1, 0.15) is 17.2 Å². The van der Waals surface area contributed by atoms with Gasteiger partial charge in [0, 0.05) is 16.8 Å². The Bertz CT molecular complexity index is 763. The normalized spacial score (nSPS) is 20.0. The van der Waals surface area contributed by atoms with Crippen LogP contribution in [0.25, 0.3) is 0 Å². The summed E-state index contributed by atoms with van der Waals surface area (Å²) in [5, 5.41) is 10.2. The highest BCUT2D eigenvalue weighted by Gasteiger charge is 2.49. The highest BCUT2D eigenvalue weighted by atomic mass is 35.5. The predicted molar refractivity (Wildman–Crippen MR) is 85.7 cm³/mol. The number of amides is 2. The zero-order chi connectivity index (χ0) is 16.6. The molecule has 0 aromatic heterocycles. The molecule has 23 heavy (non-hydrogen) atoms. The number of nitrogens with two attached hydrogens (primary N) is 1. The average molecular weight is 332 g/mol. The molecule has 0 spiro atoms. The second-order valence-electron chi connectivity index (χ2n) is 5.18. The molecule has 6 nitrogen and oxygen atoms in total. The van der Waals surface area contributed by atoms with Crippen molar-refractivity contribution in [2.45, 2.75) is 11.4 Å². The molecule has 1 unspecified atom stereocenters. The Kier molecular flexibility index (Phi) is 3.83. The number of halogens is 1. The van der Waals surface area contributed by atoms with Crippen LogP contribution in [0.15, 0.2) is 48.5 Å². The molecule has 2 aromatic carbocycles. The Hall–Kier alpha value is -2.73. The van der Waals surface area contributed by atoms with E-state index in [4.69, 9.17) is 17.3 Å². The molecule has 4 N–H and O–H groups in total. The minimum absolute atomic E-state index is 0.0161. The quantitative estimate of drug-likeness (QED) is 0.454. The number of hydrogen-bond acceptors (Lipinski definition) is 4. The monoisotopic (exact) mass is 331 g/mol. The van der Waals surface area contributed by atoms with Crippen molar-refractivity contribution in [1.29, 1.82) is 0 Å². The third-order valence-electron chi connectivity index (χ3n) is 3.68. The number of alkyl halides is 1. The number of carbonyl (C=O) groups is 2. The van der Waals surface area contributed by atoms with Gasteiger partial charge in [0.2, 0.25) is 0 Å². The van der Waals surface area contributed by atoms with Gasteiger partial charge in [-0.15, -0.1) is 11.6 Å². The molecule has 0 bridgehead atoms. The van der Waals surface area contributed by atoms with Gasteiger partial charge in [0.05, 0.1) is 0 Å². The zero-order valence-corrected chi connectivity index (χ0v) is 12.7. The summed E-state index contributed by atoms with van der Waals surface area (Å²) in [6.07, 6.45) is 0. The number of benzene rings is 2. The summed E-state index contributed by atoms with van der Waals surface area (Å²) in [5.74, 6) is -0.867. The van der Waals surface area contributed by atoms with Gasteiger partial charge in [0.15, 0.2) is 0 Å². The second kappa shape index (κ2) is 5.81. The van der Waals surface area contributed by atoms with Gasteiger partial charge in [-0.1, -0.05) is 18.2 Å². The lowest BCUT2D eigenvalue weighted by Gasteiger charge is -2.44. The SMILES string of the molecule is Nc1ccc(C(=O)NN2C(=O)[C@H](Cl)C2c2ccccc2O)cc1. The number of para-hydroxylation sites is 1. The molecule has 2 amide bonds. The lowest BCUT2D eigenvalue weighted by molar-refractivity contribution is -0.149. The molecule has 118 valence electrons. The Morgan fingerprint density at radius 3 is 2.48 bits per heavy atom. The van der Waals surface area contributed by atoms with Crippen LogP contribution < -0.4 is 11.2 Å². The summed E-state index contributed by atoms with van der Waals surface area (Å²) < 4.78 is 0. The van der Waals surface area contributed by atoms with Crippen molar-refractivity contribution >= 4 is 29.1 Å². The van der Waals surface area contributed by atoms with E-state index in [1.165, 1.54) is 6.07 Å². The van der Waals surface area contributed by atoms with E-state index in [2.05, 4.69) is 5.43 Å². The van der Waals surface area contributed by atoms with Crippen LogP contribution in [-0.2, 0) is 4.79 Å². The maximum absolute atomic E-state index is 12.2. The number of hydrogen-bond donors (Lipinski definition) is 3. The molecule has 1 aliphatic rings. The van der Waals surface area contributed by atoms with Crippen molar-refractivity contribution in [3.8, 4) is 5.75 Å². The van der Waals surface area contributed by atoms with Crippen LogP contribution >= 0.6 is 11.6 Å². The summed E-state index contributed by atoms with van der Waals surface area (Å²) in [4.78, 5) is 24.2. The summed E-state index contributed by atoms with van der Waals surface area (Å²) in [5.41, 5.74) is 9.47. The standard InChI is InChI=1S/C16H14ClN3O3/c17-13-14(11-3-1-2-4-12(11)21)20(16(13)23)19-15(22)9-5-7-10(18)8-6-9/h1-8,13-14,21H,18H2,(H,19,22)/t13-,14?/m1/s1. The number of aromatic hydroxyl groups is 1. The van der Waals surface area contributed by atoms with E-state index in [-0.39, 0.29) is 5.75 Å². The number of nitrogens with zero attached hydrogens (tertiary/aromatic N) is 1. The molecule has 2 atom stereocenters. The summed E-state index contributed by atoms with van der Waals surface area (Å²) in [6, 6.07) is 12.2. The Morgan fingerprint density at radius 1 is 1.17 bits per heavy atom. The van der Waals surface area contributed by atoms with E-state index < -0.39 is 23.2 Å². The number of rotatable bonds is 3. The Labute approximate surface area is 137 Å². The second-order valence-corrected chi connectivity index (χ2v) is 5.65. The molecule has 1 heterocycles. The van der Waals surface area contributed by atoms with Crippen LogP contribution in [0.5, 0.6) is 5.75 Å². The number of carbonyl (C=O) groups excluding carboxylic acids is 2. The number of phenols is 1. The molecule has 7 heteroatoms. The maximum Gasteiger partial charge on any atom is 0.269 e. The van der Waals surface area contributed by atoms with Crippen molar-refractivity contribution in [1.82, 2.24) is 10.4 Å². The van der Waals surface area contributed by atoms with E-state index in [0.29, 0.717) is 16.8 Å². The highest BCUT2D eigenvalue weighted by Crippen LogP contribution is 2.40. The van der Waals surface area contributed by atoms with Gasteiger partial charge in [0.25, 0.3) is 11.8 Å². The lowest BCUT2D eigenvalue weighted by atomic mass is 9.94. The van der Waals surface area contributed by atoms with Crippen LogP contribution in [0.4, 0.5) is 5.69 Å². The molecule has 0 radical (unpaired) electrons. The van der Waals surface area contributed by atoms with Crippen molar-refractivity contribution < 1.29 is 14.7 Å². The third-order valence-corrected chi connectivity index (χ3v) is 4.10. The Morgan fingerprint density at radius 2 is 1.83 bits per heavy atom. The third kappa shape index (κ3) is 2.68. The fourth-order valence-corrected chi connectivity index (χ4v) is 2.77. The number of nitrogens with one attached hydrogen (secondary N) is 1. The fourth-order valence-electron chi connectivity index (χ4n) is 2.42. The molecule has 2 aromatic rings. The summed E-state index contributed by atoms with van der Waals surface area (Å²) in [7, 11) is 0. The van der Waals surface area contributed by atoms with Crippen LogP contribution in [0.1, 0.15) is 22.0 Å². The highest BCUT2D eigenvalue weighted by molar-refractivity contribution is 6.33. The molecular weight excluding hydrogens is 318 g/mol. The topological polar surface area (TPSA) is 95.7 Å². The van der Waals surface area contributed by atoms with E-state index in [1.54, 1.807) is 42.5 Å². The average Bonchev–Trinajstić information content (AvgIpc) is 2.56. The molecular formula is C16H14ClN3O3. The van der Waals surface area contributed by atoms with E-state index in [0.717, 1.165) is 5.01 Å². The zero-order valence-electron chi connectivity index (χ0n) is 11.9. The first-order valence-corrected chi connectivity index (χ1v) is 7.34. The van der Waals surface area contributed by atoms with Crippen LogP contribution in [0, 0.1) is 0 Å². The van der Waals surface area contributed by atoms with Crippen molar-refractivity contribution in [2.24, 2.45) is 0 Å². The minimum atomic E-state index is -0.838. The van der Waals surface area contributed by atoms with Crippen LogP contribution in [0.3, 0.4) is 0 Å². The molecule has 3 rings (SSSR count). The van der Waals surface area contributed by atoms with E-state index in [1.807, 2.05) is 0 Å². The predicted octanol–water partition coefficient (Wildman–Crippen LogP) is 1.81. The van der Waals surface area contributed by atoms with Gasteiger partial charge in [-0.05, 0) is 30.3 Å². The van der Waals surface area contributed by atoms with Gasteiger partial charge in [-0.2, -0.15) is 0 Å². The number of hydrazine groups is 1. The number of nitrogen functional groups attached to an aromatic ring is 1. The minimum Gasteiger partial charge on any atom is -0.508 e. The number of anilines is 1. The molecule has 1 saturated heterocycles. The van der Waals surface area contributed by atoms with E-state index in [9.17, 15) is 14.7 Å². The Balaban J connectivity index is 1.81. The molecule has 1 fully saturated rings. The fraction of sp³-hybridized carbons (Fsp3) is 0.125. The van der Waals surface area contributed by atoms with Gasteiger partial charge < -0.3 is 10.8 Å². The van der Waals surface area contributed by atoms with Crippen molar-refractivity contribution in [2.75, 3.05) is 5.73 Å². The summed E-state index contributed by atoms with van der Waals surface area (Å²) >= 11 is 6.05. The molecule has 1 aliphatic heterocycles. The smallest absolute Gasteiger partial charge is 0.269 e. The molecule has 0 aliphatic carbocycles. The molecule has 0 saturated carbocycles.